The summed E-state index contributed by atoms with van der Waals surface area (Å²) in [6, 6.07) is 72.7. The van der Waals surface area contributed by atoms with Gasteiger partial charge in [0, 0.05) is 40.3 Å². The monoisotopic (exact) mass is 768 g/mol. The van der Waals surface area contributed by atoms with E-state index in [0.717, 1.165) is 0 Å². The molecule has 0 fully saturated rings. The normalized spacial score (nSPS) is 12.1. The highest BCUT2D eigenvalue weighted by Gasteiger charge is 2.19. The van der Waals surface area contributed by atoms with Crippen LogP contribution in [-0.2, 0) is 0 Å². The van der Waals surface area contributed by atoms with Crippen LogP contribution in [0.25, 0.3) is 128 Å². The zero-order valence-electron chi connectivity index (χ0n) is 31.3. The van der Waals surface area contributed by atoms with Crippen molar-refractivity contribution in [2.75, 3.05) is 0 Å². The molecule has 0 atom stereocenters. The zero-order chi connectivity index (χ0) is 37.9. The van der Waals surface area contributed by atoms with E-state index in [0.29, 0.717) is 0 Å². The van der Waals surface area contributed by atoms with Gasteiger partial charge >= 0.3 is 0 Å². The van der Waals surface area contributed by atoms with Gasteiger partial charge in [-0.15, -0.1) is 22.7 Å². The first-order chi connectivity index (χ1) is 28.7. The number of hydrogen-bond acceptors (Lipinski definition) is 2. The Bertz CT molecular complexity index is 3800. The van der Waals surface area contributed by atoms with Crippen LogP contribution in [0.15, 0.2) is 194 Å². The molecule has 13 aromatic rings. The number of rotatable bonds is 3. The summed E-state index contributed by atoms with van der Waals surface area (Å²) in [7, 11) is 0. The number of thiophene rings is 2. The summed E-state index contributed by atoms with van der Waals surface area (Å²) in [5.41, 5.74) is 7.60. The molecule has 58 heavy (non-hydrogen) atoms. The Morgan fingerprint density at radius 2 is 0.810 bits per heavy atom. The molecule has 2 aromatic heterocycles. The van der Waals surface area contributed by atoms with Gasteiger partial charge in [0.2, 0.25) is 0 Å². The average molecular weight is 769 g/mol. The van der Waals surface area contributed by atoms with Crippen LogP contribution in [0, 0.1) is 0 Å². The van der Waals surface area contributed by atoms with Crippen molar-refractivity contribution in [3.8, 4) is 33.4 Å². The summed E-state index contributed by atoms with van der Waals surface area (Å²) < 4.78 is 5.38. The SMILES string of the molecule is c1ccc2c(-c3c4ccccc4c(-c4ccc5cc(-c6ccc7c(c6)sc6ccc8cc9sc%10ccccc%10c9cc8c67)ccc5c4)c4ccccc34)cccc2c1. The maximum absolute atomic E-state index is 2.44. The Balaban J connectivity index is 0.932. The van der Waals surface area contributed by atoms with E-state index in [1.807, 2.05) is 22.7 Å². The van der Waals surface area contributed by atoms with Crippen molar-refractivity contribution in [1.29, 1.82) is 0 Å². The highest BCUT2D eigenvalue weighted by atomic mass is 32.1. The van der Waals surface area contributed by atoms with Crippen molar-refractivity contribution >= 4 is 117 Å². The fourth-order valence-corrected chi connectivity index (χ4v) is 12.0. The second-order valence-electron chi connectivity index (χ2n) is 15.6. The predicted molar refractivity (Wildman–Crippen MR) is 256 cm³/mol. The number of fused-ring (bicyclic) bond motifs is 12. The summed E-state index contributed by atoms with van der Waals surface area (Å²) in [6.07, 6.45) is 0. The van der Waals surface area contributed by atoms with Crippen molar-refractivity contribution in [2.45, 2.75) is 0 Å². The second kappa shape index (κ2) is 12.3. The van der Waals surface area contributed by atoms with Crippen LogP contribution in [-0.4, -0.2) is 0 Å². The summed E-state index contributed by atoms with van der Waals surface area (Å²) in [6.45, 7) is 0. The van der Waals surface area contributed by atoms with Gasteiger partial charge in [-0.05, 0) is 130 Å². The molecule has 0 bridgehead atoms. The van der Waals surface area contributed by atoms with Crippen molar-refractivity contribution in [3.63, 3.8) is 0 Å². The Labute approximate surface area is 342 Å². The van der Waals surface area contributed by atoms with Crippen LogP contribution < -0.4 is 0 Å². The third-order valence-electron chi connectivity index (χ3n) is 12.4. The van der Waals surface area contributed by atoms with Gasteiger partial charge in [0.25, 0.3) is 0 Å². The molecule has 0 spiro atoms. The van der Waals surface area contributed by atoms with E-state index in [1.54, 1.807) is 0 Å². The molecule has 0 radical (unpaired) electrons. The molecule has 0 aliphatic carbocycles. The number of hydrogen-bond donors (Lipinski definition) is 0. The third-order valence-corrected chi connectivity index (χ3v) is 14.7. The molecule has 2 heterocycles. The van der Waals surface area contributed by atoms with E-state index < -0.39 is 0 Å². The predicted octanol–water partition coefficient (Wildman–Crippen LogP) is 17.2. The lowest BCUT2D eigenvalue weighted by Gasteiger charge is -2.19. The van der Waals surface area contributed by atoms with Gasteiger partial charge in [0.1, 0.15) is 0 Å². The van der Waals surface area contributed by atoms with Crippen LogP contribution in [0.3, 0.4) is 0 Å². The van der Waals surface area contributed by atoms with Gasteiger partial charge in [0.05, 0.1) is 0 Å². The minimum Gasteiger partial charge on any atom is -0.135 e. The van der Waals surface area contributed by atoms with Gasteiger partial charge in [0.15, 0.2) is 0 Å². The quantitative estimate of drug-likeness (QED) is 0.157. The van der Waals surface area contributed by atoms with Gasteiger partial charge in [-0.3, -0.25) is 0 Å². The fraction of sp³-hybridized carbons (Fsp3) is 0. The molecule has 0 aliphatic heterocycles. The van der Waals surface area contributed by atoms with Gasteiger partial charge in [-0.25, -0.2) is 0 Å². The topological polar surface area (TPSA) is 0 Å². The molecule has 0 amide bonds. The van der Waals surface area contributed by atoms with Crippen LogP contribution in [0.4, 0.5) is 0 Å². The highest BCUT2D eigenvalue weighted by molar-refractivity contribution is 7.26. The van der Waals surface area contributed by atoms with Crippen LogP contribution in [0.1, 0.15) is 0 Å². The highest BCUT2D eigenvalue weighted by Crippen LogP contribution is 2.47. The van der Waals surface area contributed by atoms with E-state index in [1.165, 1.54) is 128 Å². The van der Waals surface area contributed by atoms with Gasteiger partial charge in [-0.1, -0.05) is 152 Å². The Morgan fingerprint density at radius 1 is 0.241 bits per heavy atom. The first kappa shape index (κ1) is 32.3. The van der Waals surface area contributed by atoms with E-state index >= 15 is 0 Å². The lowest BCUT2D eigenvalue weighted by Crippen LogP contribution is -1.91. The lowest BCUT2D eigenvalue weighted by atomic mass is 9.84. The Kier molecular flexibility index (Phi) is 6.86. The molecule has 0 saturated heterocycles. The smallest absolute Gasteiger partial charge is 0.0361 e. The average Bonchev–Trinajstić information content (AvgIpc) is 3.84. The van der Waals surface area contributed by atoms with Crippen LogP contribution in [0.5, 0.6) is 0 Å². The minimum absolute atomic E-state index is 1.24. The number of benzene rings is 11. The molecule has 268 valence electrons. The van der Waals surface area contributed by atoms with E-state index in [4.69, 9.17) is 0 Å². The van der Waals surface area contributed by atoms with Crippen LogP contribution >= 0.6 is 22.7 Å². The molecular weight excluding hydrogens is 737 g/mol. The molecule has 0 aliphatic rings. The van der Waals surface area contributed by atoms with E-state index in [2.05, 4.69) is 194 Å². The molecule has 11 aromatic carbocycles. The molecule has 13 rings (SSSR count). The standard InChI is InChI=1S/C56H32S2/c1-2-12-40-33(10-1)11-9-18-42(40)55-45-16-5-3-14-43(45)54(44-15-4-6-17-46(44)55)39-23-22-34-28-35(20-21-36(34)29-39)37-24-26-47-52(30-37)58-51-27-25-38-31-53-49(32-48(38)56(47)51)41-13-7-8-19-50(41)57-53/h1-32H. The third kappa shape index (κ3) is 4.74. The zero-order valence-corrected chi connectivity index (χ0v) is 32.9. The maximum atomic E-state index is 2.44. The molecule has 0 N–H and O–H groups in total. The van der Waals surface area contributed by atoms with Gasteiger partial charge in [-0.2, -0.15) is 0 Å². The van der Waals surface area contributed by atoms with Crippen LogP contribution in [0.2, 0.25) is 0 Å². The summed E-state index contributed by atoms with van der Waals surface area (Å²) in [5.74, 6) is 0. The molecule has 2 heteroatoms. The summed E-state index contributed by atoms with van der Waals surface area (Å²) >= 11 is 3.79. The minimum atomic E-state index is 1.24. The fourth-order valence-electron chi connectivity index (χ4n) is 9.75. The first-order valence-corrected chi connectivity index (χ1v) is 21.5. The molecule has 0 saturated carbocycles. The maximum Gasteiger partial charge on any atom is 0.0361 e. The van der Waals surface area contributed by atoms with E-state index in [9.17, 15) is 0 Å². The van der Waals surface area contributed by atoms with Gasteiger partial charge < -0.3 is 0 Å². The molecular formula is C56H32S2. The Hall–Kier alpha value is -6.84. The lowest BCUT2D eigenvalue weighted by molar-refractivity contribution is 1.67. The summed E-state index contributed by atoms with van der Waals surface area (Å²) in [4.78, 5) is 0. The summed E-state index contributed by atoms with van der Waals surface area (Å²) in [5, 5.41) is 18.2. The van der Waals surface area contributed by atoms with Crippen molar-refractivity contribution < 1.29 is 0 Å². The van der Waals surface area contributed by atoms with Crippen molar-refractivity contribution in [3.05, 3.63) is 194 Å². The van der Waals surface area contributed by atoms with E-state index in [-0.39, 0.29) is 0 Å². The molecule has 0 nitrogen and oxygen atoms in total. The second-order valence-corrected chi connectivity index (χ2v) is 17.7. The van der Waals surface area contributed by atoms with Crippen molar-refractivity contribution in [2.24, 2.45) is 0 Å². The molecule has 0 unspecified atom stereocenters. The largest absolute Gasteiger partial charge is 0.135 e. The first-order valence-electron chi connectivity index (χ1n) is 19.9. The van der Waals surface area contributed by atoms with Crippen molar-refractivity contribution in [1.82, 2.24) is 0 Å². The Morgan fingerprint density at radius 3 is 1.60 bits per heavy atom.